The lowest BCUT2D eigenvalue weighted by Crippen LogP contribution is -2.53. The number of pyridine rings is 1. The average Bonchev–Trinajstić information content (AvgIpc) is 3.06. The van der Waals surface area contributed by atoms with Crippen LogP contribution in [0.3, 0.4) is 0 Å². The average molecular weight is 323 g/mol. The van der Waals surface area contributed by atoms with Crippen molar-refractivity contribution in [1.82, 2.24) is 30.5 Å². The van der Waals surface area contributed by atoms with Crippen LogP contribution in [0.5, 0.6) is 0 Å². The first-order chi connectivity index (χ1) is 11.7. The van der Waals surface area contributed by atoms with Crippen molar-refractivity contribution in [1.29, 1.82) is 0 Å². The SMILES string of the molecule is CC(C)C1CN(c2cncc(-c3[nH]nc4ncccc34)n2)CCN1. The van der Waals surface area contributed by atoms with E-state index in [1.165, 1.54) is 0 Å². The summed E-state index contributed by atoms with van der Waals surface area (Å²) in [6, 6.07) is 4.37. The van der Waals surface area contributed by atoms with Crippen molar-refractivity contribution in [3.63, 3.8) is 0 Å². The van der Waals surface area contributed by atoms with Crippen LogP contribution in [0.2, 0.25) is 0 Å². The lowest BCUT2D eigenvalue weighted by atomic mass is 10.0. The number of aromatic nitrogens is 5. The van der Waals surface area contributed by atoms with Gasteiger partial charge < -0.3 is 10.2 Å². The molecule has 1 aliphatic heterocycles. The van der Waals surface area contributed by atoms with Crippen LogP contribution in [0.4, 0.5) is 5.82 Å². The van der Waals surface area contributed by atoms with Gasteiger partial charge in [0, 0.05) is 37.3 Å². The monoisotopic (exact) mass is 323 g/mol. The van der Waals surface area contributed by atoms with Crippen molar-refractivity contribution >= 4 is 16.9 Å². The number of aromatic amines is 1. The predicted octanol–water partition coefficient (Wildman–Crippen LogP) is 1.85. The van der Waals surface area contributed by atoms with Crippen molar-refractivity contribution in [3.8, 4) is 11.4 Å². The quantitative estimate of drug-likeness (QED) is 0.765. The summed E-state index contributed by atoms with van der Waals surface area (Å²) in [5.74, 6) is 1.50. The van der Waals surface area contributed by atoms with Gasteiger partial charge in [-0.2, -0.15) is 5.10 Å². The van der Waals surface area contributed by atoms with E-state index in [1.54, 1.807) is 12.4 Å². The van der Waals surface area contributed by atoms with E-state index in [4.69, 9.17) is 4.98 Å². The van der Waals surface area contributed by atoms with Gasteiger partial charge in [0.25, 0.3) is 0 Å². The van der Waals surface area contributed by atoms with Crippen molar-refractivity contribution in [2.45, 2.75) is 19.9 Å². The van der Waals surface area contributed by atoms with Crippen LogP contribution < -0.4 is 10.2 Å². The Morgan fingerprint density at radius 3 is 3.08 bits per heavy atom. The summed E-state index contributed by atoms with van der Waals surface area (Å²) in [5, 5.41) is 11.8. The third kappa shape index (κ3) is 2.71. The van der Waals surface area contributed by atoms with Gasteiger partial charge in [0.2, 0.25) is 0 Å². The number of piperazine rings is 1. The Morgan fingerprint density at radius 1 is 1.29 bits per heavy atom. The first kappa shape index (κ1) is 15.0. The number of fused-ring (bicyclic) bond motifs is 1. The molecule has 0 radical (unpaired) electrons. The zero-order valence-electron chi connectivity index (χ0n) is 13.9. The van der Waals surface area contributed by atoms with Crippen LogP contribution in [-0.4, -0.2) is 50.8 Å². The van der Waals surface area contributed by atoms with E-state index in [2.05, 4.69) is 44.2 Å². The number of H-pyrrole nitrogens is 1. The summed E-state index contributed by atoms with van der Waals surface area (Å²) in [6.07, 6.45) is 5.34. The Labute approximate surface area is 140 Å². The molecule has 4 heterocycles. The Kier molecular flexibility index (Phi) is 3.86. The van der Waals surface area contributed by atoms with Gasteiger partial charge in [0.1, 0.15) is 11.5 Å². The van der Waals surface area contributed by atoms with Gasteiger partial charge >= 0.3 is 0 Å². The molecule has 1 aliphatic rings. The number of nitrogens with one attached hydrogen (secondary N) is 2. The molecule has 1 fully saturated rings. The molecule has 0 saturated carbocycles. The maximum Gasteiger partial charge on any atom is 0.181 e. The summed E-state index contributed by atoms with van der Waals surface area (Å²) in [5.41, 5.74) is 2.35. The van der Waals surface area contributed by atoms with Gasteiger partial charge in [-0.3, -0.25) is 10.1 Å². The van der Waals surface area contributed by atoms with Gasteiger partial charge in [0.05, 0.1) is 18.1 Å². The smallest absolute Gasteiger partial charge is 0.181 e. The highest BCUT2D eigenvalue weighted by molar-refractivity contribution is 5.89. The Balaban J connectivity index is 1.66. The molecule has 0 aliphatic carbocycles. The molecule has 0 spiro atoms. The number of anilines is 1. The van der Waals surface area contributed by atoms with E-state index in [1.807, 2.05) is 18.3 Å². The van der Waals surface area contributed by atoms with E-state index in [0.717, 1.165) is 42.2 Å². The molecular formula is C17H21N7. The predicted molar refractivity (Wildman–Crippen MR) is 93.8 cm³/mol. The fraction of sp³-hybridized carbons (Fsp3) is 0.412. The lowest BCUT2D eigenvalue weighted by molar-refractivity contribution is 0.367. The minimum Gasteiger partial charge on any atom is -0.352 e. The molecule has 0 aromatic carbocycles. The maximum absolute atomic E-state index is 4.82. The minimum atomic E-state index is 0.474. The largest absolute Gasteiger partial charge is 0.352 e. The third-order valence-corrected chi connectivity index (χ3v) is 4.54. The van der Waals surface area contributed by atoms with Gasteiger partial charge in [-0.25, -0.2) is 9.97 Å². The van der Waals surface area contributed by atoms with E-state index in [-0.39, 0.29) is 0 Å². The van der Waals surface area contributed by atoms with E-state index in [0.29, 0.717) is 17.6 Å². The first-order valence-corrected chi connectivity index (χ1v) is 8.32. The topological polar surface area (TPSA) is 82.6 Å². The molecule has 1 atom stereocenters. The van der Waals surface area contributed by atoms with E-state index < -0.39 is 0 Å². The zero-order chi connectivity index (χ0) is 16.5. The molecular weight excluding hydrogens is 302 g/mol. The molecule has 3 aromatic heterocycles. The molecule has 124 valence electrons. The van der Waals surface area contributed by atoms with Gasteiger partial charge in [-0.15, -0.1) is 0 Å². The van der Waals surface area contributed by atoms with Crippen LogP contribution in [0.15, 0.2) is 30.7 Å². The molecule has 3 aromatic rings. The van der Waals surface area contributed by atoms with Crippen molar-refractivity contribution in [3.05, 3.63) is 30.7 Å². The number of rotatable bonds is 3. The lowest BCUT2D eigenvalue weighted by Gasteiger charge is -2.36. The van der Waals surface area contributed by atoms with Crippen LogP contribution in [0, 0.1) is 5.92 Å². The molecule has 7 heteroatoms. The Bertz CT molecular complexity index is 842. The molecule has 1 saturated heterocycles. The second kappa shape index (κ2) is 6.16. The normalized spacial score (nSPS) is 18.5. The Hall–Kier alpha value is -2.54. The van der Waals surface area contributed by atoms with Crippen LogP contribution in [0.25, 0.3) is 22.4 Å². The van der Waals surface area contributed by atoms with E-state index in [9.17, 15) is 0 Å². The van der Waals surface area contributed by atoms with Crippen molar-refractivity contribution in [2.24, 2.45) is 5.92 Å². The third-order valence-electron chi connectivity index (χ3n) is 4.54. The second-order valence-electron chi connectivity index (χ2n) is 6.49. The van der Waals surface area contributed by atoms with Gasteiger partial charge in [-0.1, -0.05) is 13.8 Å². The summed E-state index contributed by atoms with van der Waals surface area (Å²) in [6.45, 7) is 7.33. The minimum absolute atomic E-state index is 0.474. The van der Waals surface area contributed by atoms with Gasteiger partial charge in [-0.05, 0) is 18.1 Å². The highest BCUT2D eigenvalue weighted by atomic mass is 15.3. The number of hydrogen-bond acceptors (Lipinski definition) is 6. The van der Waals surface area contributed by atoms with Crippen molar-refractivity contribution in [2.75, 3.05) is 24.5 Å². The molecule has 0 amide bonds. The highest BCUT2D eigenvalue weighted by Gasteiger charge is 2.23. The fourth-order valence-electron chi connectivity index (χ4n) is 3.11. The van der Waals surface area contributed by atoms with Crippen LogP contribution in [0.1, 0.15) is 13.8 Å². The second-order valence-corrected chi connectivity index (χ2v) is 6.49. The van der Waals surface area contributed by atoms with Crippen LogP contribution in [-0.2, 0) is 0 Å². The maximum atomic E-state index is 4.82. The molecule has 2 N–H and O–H groups in total. The summed E-state index contributed by atoms with van der Waals surface area (Å²) in [4.78, 5) is 15.8. The van der Waals surface area contributed by atoms with Crippen LogP contribution >= 0.6 is 0 Å². The fourth-order valence-corrected chi connectivity index (χ4v) is 3.11. The summed E-state index contributed by atoms with van der Waals surface area (Å²) < 4.78 is 0. The summed E-state index contributed by atoms with van der Waals surface area (Å²) >= 11 is 0. The highest BCUT2D eigenvalue weighted by Crippen LogP contribution is 2.25. The van der Waals surface area contributed by atoms with Crippen molar-refractivity contribution < 1.29 is 0 Å². The molecule has 7 nitrogen and oxygen atoms in total. The molecule has 1 unspecified atom stereocenters. The van der Waals surface area contributed by atoms with Gasteiger partial charge in [0.15, 0.2) is 5.65 Å². The van der Waals surface area contributed by atoms with E-state index >= 15 is 0 Å². The molecule has 4 rings (SSSR count). The summed E-state index contributed by atoms with van der Waals surface area (Å²) in [7, 11) is 0. The standard InChI is InChI=1S/C17H21N7/c1-11(2)14-10-24(7-6-19-14)15-9-18-8-13(21-15)16-12-4-3-5-20-17(12)23-22-16/h3-5,8-9,11,14,19H,6-7,10H2,1-2H3,(H,20,22,23). The molecule has 0 bridgehead atoms. The Morgan fingerprint density at radius 2 is 2.21 bits per heavy atom. The number of nitrogens with zero attached hydrogens (tertiary/aromatic N) is 5. The first-order valence-electron chi connectivity index (χ1n) is 8.32. The zero-order valence-corrected chi connectivity index (χ0v) is 13.9. The number of hydrogen-bond donors (Lipinski definition) is 2. The molecule has 24 heavy (non-hydrogen) atoms.